The SMILES string of the molecule is CCOc1cc(/C=N/NC(=O)c2cc3cc(Br)ccc3o2)cc(I)c1OCC. The molecule has 1 aromatic heterocycles. The number of carbonyl (C=O) groups is 1. The number of benzene rings is 2. The molecule has 0 saturated heterocycles. The number of carbonyl (C=O) groups excluding carboxylic acids is 1. The van der Waals surface area contributed by atoms with Crippen molar-refractivity contribution in [2.75, 3.05) is 13.2 Å². The van der Waals surface area contributed by atoms with Gasteiger partial charge in [0, 0.05) is 9.86 Å². The van der Waals surface area contributed by atoms with Crippen molar-refractivity contribution >= 4 is 61.6 Å². The van der Waals surface area contributed by atoms with E-state index in [1.807, 2.05) is 38.1 Å². The number of nitrogens with one attached hydrogen (secondary N) is 1. The molecule has 8 heteroatoms. The van der Waals surface area contributed by atoms with Gasteiger partial charge in [0.1, 0.15) is 5.58 Å². The van der Waals surface area contributed by atoms with Gasteiger partial charge in [0.25, 0.3) is 0 Å². The van der Waals surface area contributed by atoms with Gasteiger partial charge in [-0.1, -0.05) is 15.9 Å². The van der Waals surface area contributed by atoms with Crippen LogP contribution in [0.2, 0.25) is 0 Å². The number of hydrogen-bond donors (Lipinski definition) is 1. The summed E-state index contributed by atoms with van der Waals surface area (Å²) in [5, 5.41) is 4.87. The second kappa shape index (κ2) is 9.42. The minimum absolute atomic E-state index is 0.196. The molecule has 146 valence electrons. The lowest BCUT2D eigenvalue weighted by Gasteiger charge is -2.13. The fourth-order valence-electron chi connectivity index (χ4n) is 2.56. The largest absolute Gasteiger partial charge is 0.490 e. The Morgan fingerprint density at radius 2 is 2.00 bits per heavy atom. The fraction of sp³-hybridized carbons (Fsp3) is 0.200. The van der Waals surface area contributed by atoms with Gasteiger partial charge in [-0.2, -0.15) is 5.10 Å². The van der Waals surface area contributed by atoms with E-state index in [0.717, 1.165) is 19.0 Å². The Morgan fingerprint density at radius 3 is 2.75 bits per heavy atom. The fourth-order valence-corrected chi connectivity index (χ4v) is 3.72. The summed E-state index contributed by atoms with van der Waals surface area (Å²) in [5.41, 5.74) is 3.91. The van der Waals surface area contributed by atoms with Crippen LogP contribution in [0, 0.1) is 3.57 Å². The molecule has 0 bridgehead atoms. The third kappa shape index (κ3) is 4.85. The molecule has 0 saturated carbocycles. The normalized spacial score (nSPS) is 11.1. The van der Waals surface area contributed by atoms with E-state index in [1.54, 1.807) is 18.3 Å². The van der Waals surface area contributed by atoms with Gasteiger partial charge < -0.3 is 13.9 Å². The van der Waals surface area contributed by atoms with Crippen LogP contribution in [0.4, 0.5) is 0 Å². The molecule has 0 aliphatic carbocycles. The highest BCUT2D eigenvalue weighted by molar-refractivity contribution is 14.1. The molecule has 3 rings (SSSR count). The van der Waals surface area contributed by atoms with E-state index in [4.69, 9.17) is 13.9 Å². The van der Waals surface area contributed by atoms with Gasteiger partial charge >= 0.3 is 5.91 Å². The van der Waals surface area contributed by atoms with Crippen LogP contribution < -0.4 is 14.9 Å². The summed E-state index contributed by atoms with van der Waals surface area (Å²) in [6.07, 6.45) is 1.55. The zero-order chi connectivity index (χ0) is 20.1. The monoisotopic (exact) mass is 556 g/mol. The van der Waals surface area contributed by atoms with Crippen LogP contribution in [0.5, 0.6) is 11.5 Å². The third-order valence-electron chi connectivity index (χ3n) is 3.70. The van der Waals surface area contributed by atoms with E-state index >= 15 is 0 Å². The number of furan rings is 1. The summed E-state index contributed by atoms with van der Waals surface area (Å²) in [6, 6.07) is 11.0. The molecule has 6 nitrogen and oxygen atoms in total. The standard InChI is InChI=1S/C20H18BrIN2O4/c1-3-26-17-8-12(7-15(22)19(17)27-4-2)11-23-24-20(25)18-10-13-9-14(21)5-6-16(13)28-18/h5-11H,3-4H2,1-2H3,(H,24,25)/b23-11+. The van der Waals surface area contributed by atoms with Gasteiger partial charge in [-0.15, -0.1) is 0 Å². The maximum atomic E-state index is 12.3. The smallest absolute Gasteiger partial charge is 0.307 e. The first-order valence-corrected chi connectivity index (χ1v) is 10.5. The van der Waals surface area contributed by atoms with Crippen molar-refractivity contribution in [2.45, 2.75) is 13.8 Å². The van der Waals surface area contributed by atoms with Gasteiger partial charge in [-0.3, -0.25) is 4.79 Å². The average Bonchev–Trinajstić information content (AvgIpc) is 3.08. The van der Waals surface area contributed by atoms with Gasteiger partial charge in [-0.25, -0.2) is 5.43 Å². The Morgan fingerprint density at radius 1 is 1.21 bits per heavy atom. The Bertz CT molecular complexity index is 1030. The van der Waals surface area contributed by atoms with E-state index in [9.17, 15) is 4.79 Å². The van der Waals surface area contributed by atoms with E-state index in [2.05, 4.69) is 49.0 Å². The van der Waals surface area contributed by atoms with Crippen LogP contribution in [0.1, 0.15) is 30.0 Å². The number of hydrogen-bond acceptors (Lipinski definition) is 5. The Kier molecular flexibility index (Phi) is 6.95. The predicted molar refractivity (Wildman–Crippen MR) is 120 cm³/mol. The van der Waals surface area contributed by atoms with Crippen molar-refractivity contribution < 1.29 is 18.7 Å². The van der Waals surface area contributed by atoms with Crippen LogP contribution >= 0.6 is 38.5 Å². The van der Waals surface area contributed by atoms with E-state index in [-0.39, 0.29) is 5.76 Å². The molecule has 2 aromatic carbocycles. The van der Waals surface area contributed by atoms with Crippen LogP contribution in [-0.4, -0.2) is 25.3 Å². The minimum atomic E-state index is -0.422. The van der Waals surface area contributed by atoms with Crippen molar-refractivity contribution in [3.63, 3.8) is 0 Å². The lowest BCUT2D eigenvalue weighted by Crippen LogP contribution is -2.16. The molecule has 1 heterocycles. The Hall–Kier alpha value is -2.07. The van der Waals surface area contributed by atoms with Crippen molar-refractivity contribution in [1.29, 1.82) is 0 Å². The van der Waals surface area contributed by atoms with Gasteiger partial charge in [0.2, 0.25) is 0 Å². The molecule has 3 aromatic rings. The second-order valence-electron chi connectivity index (χ2n) is 5.69. The topological polar surface area (TPSA) is 73.1 Å². The summed E-state index contributed by atoms with van der Waals surface area (Å²) >= 11 is 5.59. The highest BCUT2D eigenvalue weighted by Crippen LogP contribution is 2.33. The highest BCUT2D eigenvalue weighted by Gasteiger charge is 2.13. The second-order valence-corrected chi connectivity index (χ2v) is 7.77. The maximum Gasteiger partial charge on any atom is 0.307 e. The van der Waals surface area contributed by atoms with Gasteiger partial charge in [0.15, 0.2) is 17.3 Å². The van der Waals surface area contributed by atoms with Crippen LogP contribution in [0.25, 0.3) is 11.0 Å². The molecular formula is C20H18BrIN2O4. The first kappa shape index (κ1) is 20.7. The zero-order valence-corrected chi connectivity index (χ0v) is 19.0. The third-order valence-corrected chi connectivity index (χ3v) is 5.00. The molecule has 28 heavy (non-hydrogen) atoms. The molecular weight excluding hydrogens is 539 g/mol. The lowest BCUT2D eigenvalue weighted by molar-refractivity contribution is 0.0929. The summed E-state index contributed by atoms with van der Waals surface area (Å²) in [6.45, 7) is 4.91. The predicted octanol–water partition coefficient (Wildman–Crippen LogP) is 5.36. The molecule has 0 radical (unpaired) electrons. The number of ether oxygens (including phenoxy) is 2. The average molecular weight is 557 g/mol. The Balaban J connectivity index is 1.74. The quantitative estimate of drug-likeness (QED) is 0.241. The van der Waals surface area contributed by atoms with Crippen LogP contribution in [-0.2, 0) is 0 Å². The molecule has 1 amide bonds. The van der Waals surface area contributed by atoms with E-state index < -0.39 is 5.91 Å². The molecule has 0 atom stereocenters. The highest BCUT2D eigenvalue weighted by atomic mass is 127. The van der Waals surface area contributed by atoms with Crippen molar-refractivity contribution in [3.8, 4) is 11.5 Å². The van der Waals surface area contributed by atoms with Crippen LogP contribution in [0.15, 0.2) is 50.4 Å². The molecule has 0 fully saturated rings. The Labute approximate surface area is 184 Å². The summed E-state index contributed by atoms with van der Waals surface area (Å²) in [7, 11) is 0. The number of nitrogens with zero attached hydrogens (tertiary/aromatic N) is 1. The summed E-state index contributed by atoms with van der Waals surface area (Å²) < 4.78 is 18.7. The number of halogens is 2. The van der Waals surface area contributed by atoms with Crippen molar-refractivity contribution in [3.05, 3.63) is 55.8 Å². The molecule has 0 aliphatic heterocycles. The maximum absolute atomic E-state index is 12.3. The summed E-state index contributed by atoms with van der Waals surface area (Å²) in [4.78, 5) is 12.3. The minimum Gasteiger partial charge on any atom is -0.490 e. The first-order valence-electron chi connectivity index (χ1n) is 8.63. The zero-order valence-electron chi connectivity index (χ0n) is 15.3. The first-order chi connectivity index (χ1) is 13.5. The van der Waals surface area contributed by atoms with E-state index in [0.29, 0.717) is 30.3 Å². The van der Waals surface area contributed by atoms with E-state index in [1.165, 1.54) is 0 Å². The molecule has 1 N–H and O–H groups in total. The van der Waals surface area contributed by atoms with Crippen molar-refractivity contribution in [1.82, 2.24) is 5.43 Å². The number of fused-ring (bicyclic) bond motifs is 1. The van der Waals surface area contributed by atoms with Crippen LogP contribution in [0.3, 0.4) is 0 Å². The molecule has 0 unspecified atom stereocenters. The number of rotatable bonds is 7. The number of amides is 1. The van der Waals surface area contributed by atoms with Gasteiger partial charge in [0.05, 0.1) is 23.0 Å². The number of hydrazone groups is 1. The lowest BCUT2D eigenvalue weighted by atomic mass is 10.2. The molecule has 0 spiro atoms. The van der Waals surface area contributed by atoms with Gasteiger partial charge in [-0.05, 0) is 78.4 Å². The summed E-state index contributed by atoms with van der Waals surface area (Å²) in [5.74, 6) is 1.13. The molecule has 0 aliphatic rings. The van der Waals surface area contributed by atoms with Crippen molar-refractivity contribution in [2.24, 2.45) is 5.10 Å².